The molecule has 0 aliphatic carbocycles. The molecule has 0 bridgehead atoms. The fourth-order valence-electron chi connectivity index (χ4n) is 2.33. The highest BCUT2D eigenvalue weighted by Gasteiger charge is 2.14. The molecule has 1 aromatic heterocycles. The third kappa shape index (κ3) is 4.85. The number of anilines is 4. The Labute approximate surface area is 156 Å². The number of amides is 1. The van der Waals surface area contributed by atoms with Gasteiger partial charge in [0, 0.05) is 30.1 Å². The Morgan fingerprint density at radius 1 is 0.963 bits per heavy atom. The highest BCUT2D eigenvalue weighted by molar-refractivity contribution is 7.92. The Morgan fingerprint density at radius 2 is 1.56 bits per heavy atom. The van der Waals surface area contributed by atoms with Crippen LogP contribution in [0.3, 0.4) is 0 Å². The van der Waals surface area contributed by atoms with E-state index in [1.165, 1.54) is 31.2 Å². The average Bonchev–Trinajstić information content (AvgIpc) is 3.01. The second-order valence-electron chi connectivity index (χ2n) is 5.84. The van der Waals surface area contributed by atoms with Gasteiger partial charge in [-0.3, -0.25) is 9.52 Å². The molecule has 3 rings (SSSR count). The van der Waals surface area contributed by atoms with Crippen molar-refractivity contribution < 1.29 is 17.7 Å². The van der Waals surface area contributed by atoms with Gasteiger partial charge in [0.2, 0.25) is 5.91 Å². The van der Waals surface area contributed by atoms with Crippen LogP contribution in [0.2, 0.25) is 0 Å². The molecule has 140 valence electrons. The number of nitrogens with zero attached hydrogens (tertiary/aromatic N) is 1. The van der Waals surface area contributed by atoms with Gasteiger partial charge in [0.1, 0.15) is 5.76 Å². The van der Waals surface area contributed by atoms with E-state index >= 15 is 0 Å². The predicted molar refractivity (Wildman–Crippen MR) is 103 cm³/mol. The molecule has 0 fully saturated rings. The lowest BCUT2D eigenvalue weighted by Gasteiger charge is -2.10. The molecule has 3 aromatic rings. The fourth-order valence-corrected chi connectivity index (χ4v) is 3.39. The summed E-state index contributed by atoms with van der Waals surface area (Å²) in [6, 6.07) is 14.4. The summed E-state index contributed by atoms with van der Waals surface area (Å²) in [7, 11) is -3.74. The number of hydrogen-bond donors (Lipinski definition) is 3. The van der Waals surface area contributed by atoms with Crippen molar-refractivity contribution in [2.45, 2.75) is 18.7 Å². The minimum Gasteiger partial charge on any atom is -0.360 e. The van der Waals surface area contributed by atoms with E-state index in [1.807, 2.05) is 0 Å². The van der Waals surface area contributed by atoms with E-state index in [0.29, 0.717) is 23.0 Å². The van der Waals surface area contributed by atoms with Crippen molar-refractivity contribution in [2.24, 2.45) is 0 Å². The van der Waals surface area contributed by atoms with E-state index in [0.717, 1.165) is 5.69 Å². The number of aryl methyl sites for hydroxylation is 1. The molecule has 0 radical (unpaired) electrons. The quantitative estimate of drug-likeness (QED) is 0.598. The molecular formula is C18H18N4O4S. The van der Waals surface area contributed by atoms with Crippen molar-refractivity contribution in [2.75, 3.05) is 15.4 Å². The largest absolute Gasteiger partial charge is 0.360 e. The van der Waals surface area contributed by atoms with Crippen LogP contribution in [0, 0.1) is 6.92 Å². The van der Waals surface area contributed by atoms with Gasteiger partial charge in [0.25, 0.3) is 10.0 Å². The lowest BCUT2D eigenvalue weighted by atomic mass is 10.3. The summed E-state index contributed by atoms with van der Waals surface area (Å²) in [5.74, 6) is 1.03. The molecule has 0 atom stereocenters. The van der Waals surface area contributed by atoms with E-state index < -0.39 is 10.0 Å². The van der Waals surface area contributed by atoms with Crippen molar-refractivity contribution in [3.05, 3.63) is 60.4 Å². The van der Waals surface area contributed by atoms with Crippen LogP contribution in [0.1, 0.15) is 12.7 Å². The molecule has 0 unspecified atom stereocenters. The SMILES string of the molecule is CC(=O)Nc1ccc(S(=O)(=O)Nc2ccc(Nc3cc(C)on3)cc2)cc1. The highest BCUT2D eigenvalue weighted by Crippen LogP contribution is 2.22. The van der Waals surface area contributed by atoms with Crippen LogP contribution < -0.4 is 15.4 Å². The van der Waals surface area contributed by atoms with E-state index in [4.69, 9.17) is 4.52 Å². The van der Waals surface area contributed by atoms with E-state index in [-0.39, 0.29) is 10.8 Å². The fraction of sp³-hybridized carbons (Fsp3) is 0.111. The standard InChI is InChI=1S/C18H18N4O4S/c1-12-11-18(21-26-12)20-15-3-5-16(6-4-15)22-27(24,25)17-9-7-14(8-10-17)19-13(2)23/h3-11,22H,1-2H3,(H,19,23)(H,20,21). The Morgan fingerprint density at radius 3 is 2.11 bits per heavy atom. The van der Waals surface area contributed by atoms with Crippen molar-refractivity contribution in [3.8, 4) is 0 Å². The van der Waals surface area contributed by atoms with Crippen molar-refractivity contribution in [1.82, 2.24) is 5.16 Å². The van der Waals surface area contributed by atoms with Crippen LogP contribution in [-0.4, -0.2) is 19.5 Å². The van der Waals surface area contributed by atoms with E-state index in [2.05, 4.69) is 20.5 Å². The first-order valence-corrected chi connectivity index (χ1v) is 9.51. The van der Waals surface area contributed by atoms with Crippen LogP contribution in [0.15, 0.2) is 64.0 Å². The van der Waals surface area contributed by atoms with Gasteiger partial charge in [-0.2, -0.15) is 0 Å². The highest BCUT2D eigenvalue weighted by atomic mass is 32.2. The zero-order valence-electron chi connectivity index (χ0n) is 14.7. The molecule has 1 amide bonds. The summed E-state index contributed by atoms with van der Waals surface area (Å²) in [5.41, 5.74) is 1.69. The van der Waals surface area contributed by atoms with Gasteiger partial charge in [-0.1, -0.05) is 5.16 Å². The van der Waals surface area contributed by atoms with Crippen LogP contribution in [0.5, 0.6) is 0 Å². The van der Waals surface area contributed by atoms with Gasteiger partial charge in [-0.25, -0.2) is 8.42 Å². The molecule has 0 spiro atoms. The van der Waals surface area contributed by atoms with Gasteiger partial charge in [0.15, 0.2) is 5.82 Å². The lowest BCUT2D eigenvalue weighted by Crippen LogP contribution is -2.13. The first-order chi connectivity index (χ1) is 12.8. The molecule has 27 heavy (non-hydrogen) atoms. The minimum atomic E-state index is -3.74. The maximum absolute atomic E-state index is 12.5. The smallest absolute Gasteiger partial charge is 0.261 e. The first-order valence-electron chi connectivity index (χ1n) is 8.03. The van der Waals surface area contributed by atoms with Gasteiger partial charge >= 0.3 is 0 Å². The second-order valence-corrected chi connectivity index (χ2v) is 7.52. The number of carbonyl (C=O) groups is 1. The Bertz CT molecular complexity index is 1040. The van der Waals surface area contributed by atoms with E-state index in [9.17, 15) is 13.2 Å². The Kier molecular flexibility index (Phi) is 5.13. The predicted octanol–water partition coefficient (Wildman–Crippen LogP) is 3.49. The average molecular weight is 386 g/mol. The first kappa shape index (κ1) is 18.5. The molecule has 2 aromatic carbocycles. The Balaban J connectivity index is 1.69. The molecule has 0 saturated heterocycles. The normalized spacial score (nSPS) is 11.0. The maximum Gasteiger partial charge on any atom is 0.261 e. The van der Waals surface area contributed by atoms with E-state index in [1.54, 1.807) is 37.3 Å². The molecule has 1 heterocycles. The summed E-state index contributed by atoms with van der Waals surface area (Å²) >= 11 is 0. The van der Waals surface area contributed by atoms with Crippen LogP contribution in [0.4, 0.5) is 22.9 Å². The molecular weight excluding hydrogens is 368 g/mol. The molecule has 0 aliphatic heterocycles. The Hall–Kier alpha value is -3.33. The number of benzene rings is 2. The molecule has 0 aliphatic rings. The van der Waals surface area contributed by atoms with Crippen LogP contribution >= 0.6 is 0 Å². The summed E-state index contributed by atoms with van der Waals surface area (Å²) in [6.45, 7) is 3.17. The lowest BCUT2D eigenvalue weighted by molar-refractivity contribution is -0.114. The maximum atomic E-state index is 12.5. The molecule has 8 nitrogen and oxygen atoms in total. The number of carbonyl (C=O) groups excluding carboxylic acids is 1. The topological polar surface area (TPSA) is 113 Å². The third-order valence-electron chi connectivity index (χ3n) is 3.52. The molecule has 0 saturated carbocycles. The van der Waals surface area contributed by atoms with Crippen LogP contribution in [-0.2, 0) is 14.8 Å². The van der Waals surface area contributed by atoms with Gasteiger partial charge < -0.3 is 15.2 Å². The number of hydrogen-bond acceptors (Lipinski definition) is 6. The summed E-state index contributed by atoms with van der Waals surface area (Å²) in [6.07, 6.45) is 0. The van der Waals surface area contributed by atoms with Crippen LogP contribution in [0.25, 0.3) is 0 Å². The second kappa shape index (κ2) is 7.50. The zero-order valence-corrected chi connectivity index (χ0v) is 15.5. The number of nitrogens with one attached hydrogen (secondary N) is 3. The third-order valence-corrected chi connectivity index (χ3v) is 4.92. The number of rotatable bonds is 6. The van der Waals surface area contributed by atoms with Gasteiger partial charge in [-0.05, 0) is 55.5 Å². The van der Waals surface area contributed by atoms with Crippen molar-refractivity contribution in [3.63, 3.8) is 0 Å². The van der Waals surface area contributed by atoms with Crippen molar-refractivity contribution in [1.29, 1.82) is 0 Å². The summed E-state index contributed by atoms with van der Waals surface area (Å²) in [4.78, 5) is 11.1. The minimum absolute atomic E-state index is 0.0943. The summed E-state index contributed by atoms with van der Waals surface area (Å²) < 4.78 is 32.4. The molecule has 9 heteroatoms. The zero-order chi connectivity index (χ0) is 19.4. The van der Waals surface area contributed by atoms with Crippen molar-refractivity contribution >= 4 is 38.8 Å². The number of sulfonamides is 1. The van der Waals surface area contributed by atoms with Gasteiger partial charge in [-0.15, -0.1) is 0 Å². The summed E-state index contributed by atoms with van der Waals surface area (Å²) in [5, 5.41) is 9.47. The van der Waals surface area contributed by atoms with Gasteiger partial charge in [0.05, 0.1) is 4.90 Å². The monoisotopic (exact) mass is 386 g/mol. The molecule has 3 N–H and O–H groups in total. The number of aromatic nitrogens is 1.